The molecule has 0 aromatic rings. The van der Waals surface area contributed by atoms with E-state index in [1.165, 1.54) is 0 Å². The molecule has 12 heavy (non-hydrogen) atoms. The van der Waals surface area contributed by atoms with E-state index in [0.717, 1.165) is 26.3 Å². The van der Waals surface area contributed by atoms with Crippen molar-refractivity contribution in [3.8, 4) is 0 Å². The number of rotatable bonds is 4. The number of nitrogens with zero attached hydrogens (tertiary/aromatic N) is 1. The molecule has 1 aliphatic rings. The van der Waals surface area contributed by atoms with E-state index in [2.05, 4.69) is 4.90 Å². The Kier molecular flexibility index (Phi) is 4.53. The average Bonchev–Trinajstić information content (AvgIpc) is 2.15. The van der Waals surface area contributed by atoms with Crippen molar-refractivity contribution in [2.45, 2.75) is 6.04 Å². The van der Waals surface area contributed by atoms with Crippen LogP contribution < -0.4 is 0 Å². The Morgan fingerprint density at radius 2 is 2.17 bits per heavy atom. The summed E-state index contributed by atoms with van der Waals surface area (Å²) in [5.74, 6) is 0. The van der Waals surface area contributed by atoms with Crippen LogP contribution in [0.5, 0.6) is 0 Å². The first kappa shape index (κ1) is 9.92. The van der Waals surface area contributed by atoms with Gasteiger partial charge in [-0.3, -0.25) is 4.90 Å². The average molecular weight is 175 g/mol. The molecule has 0 aromatic carbocycles. The maximum Gasteiger partial charge on any atom is 0.0640 e. The van der Waals surface area contributed by atoms with Crippen LogP contribution in [0.25, 0.3) is 0 Å². The van der Waals surface area contributed by atoms with Gasteiger partial charge in [-0.15, -0.1) is 0 Å². The topological polar surface area (TPSA) is 41.9 Å². The van der Waals surface area contributed by atoms with Crippen LogP contribution in [-0.2, 0) is 9.47 Å². The highest BCUT2D eigenvalue weighted by Crippen LogP contribution is 2.03. The Morgan fingerprint density at radius 3 is 2.67 bits per heavy atom. The zero-order chi connectivity index (χ0) is 8.81. The predicted octanol–water partition coefficient (Wildman–Crippen LogP) is -0.674. The van der Waals surface area contributed by atoms with Crippen LogP contribution in [0.1, 0.15) is 0 Å². The highest BCUT2D eigenvalue weighted by Gasteiger charge is 2.19. The van der Waals surface area contributed by atoms with Gasteiger partial charge in [0.2, 0.25) is 0 Å². The largest absolute Gasteiger partial charge is 0.395 e. The molecule has 0 saturated carbocycles. The molecule has 1 fully saturated rings. The lowest BCUT2D eigenvalue weighted by atomic mass is 10.2. The SMILES string of the molecule is COCC(CO)N1CCOCC1. The van der Waals surface area contributed by atoms with Crippen LogP contribution in [0.2, 0.25) is 0 Å². The Morgan fingerprint density at radius 1 is 1.50 bits per heavy atom. The first-order chi connectivity index (χ1) is 5.88. The van der Waals surface area contributed by atoms with Gasteiger partial charge in [-0.05, 0) is 0 Å². The van der Waals surface area contributed by atoms with Crippen LogP contribution in [0.4, 0.5) is 0 Å². The quantitative estimate of drug-likeness (QED) is 0.615. The van der Waals surface area contributed by atoms with E-state index in [0.29, 0.717) is 6.61 Å². The Hall–Kier alpha value is -0.160. The summed E-state index contributed by atoms with van der Waals surface area (Å²) < 4.78 is 10.2. The molecule has 0 bridgehead atoms. The zero-order valence-electron chi connectivity index (χ0n) is 7.53. The van der Waals surface area contributed by atoms with Crippen molar-refractivity contribution in [3.63, 3.8) is 0 Å². The number of aliphatic hydroxyl groups excluding tert-OH is 1. The summed E-state index contributed by atoms with van der Waals surface area (Å²) in [6.07, 6.45) is 0. The fourth-order valence-electron chi connectivity index (χ4n) is 1.41. The maximum atomic E-state index is 9.05. The minimum atomic E-state index is 0.138. The molecule has 1 rings (SSSR count). The number of ether oxygens (including phenoxy) is 2. The second-order valence-electron chi connectivity index (χ2n) is 2.94. The Balaban J connectivity index is 2.29. The van der Waals surface area contributed by atoms with Crippen molar-refractivity contribution in [1.82, 2.24) is 4.90 Å². The molecule has 1 aliphatic heterocycles. The molecule has 1 unspecified atom stereocenters. The molecule has 1 heterocycles. The van der Waals surface area contributed by atoms with Crippen LogP contribution >= 0.6 is 0 Å². The van der Waals surface area contributed by atoms with Crippen molar-refractivity contribution in [1.29, 1.82) is 0 Å². The van der Waals surface area contributed by atoms with E-state index >= 15 is 0 Å². The lowest BCUT2D eigenvalue weighted by Crippen LogP contribution is -2.47. The van der Waals surface area contributed by atoms with E-state index in [9.17, 15) is 0 Å². The van der Waals surface area contributed by atoms with Gasteiger partial charge in [0.05, 0.1) is 32.5 Å². The normalized spacial score (nSPS) is 22.5. The summed E-state index contributed by atoms with van der Waals surface area (Å²) in [6, 6.07) is 0.138. The number of methoxy groups -OCH3 is 1. The lowest BCUT2D eigenvalue weighted by Gasteiger charge is -2.32. The number of hydrogen-bond acceptors (Lipinski definition) is 4. The molecule has 4 heteroatoms. The number of aliphatic hydroxyl groups is 1. The van der Waals surface area contributed by atoms with Gasteiger partial charge in [-0.25, -0.2) is 0 Å². The molecular formula is C8H17NO3. The van der Waals surface area contributed by atoms with Gasteiger partial charge in [0.1, 0.15) is 0 Å². The predicted molar refractivity (Wildman–Crippen MR) is 45.1 cm³/mol. The summed E-state index contributed by atoms with van der Waals surface area (Å²) in [7, 11) is 1.66. The summed E-state index contributed by atoms with van der Waals surface area (Å²) in [4.78, 5) is 2.20. The van der Waals surface area contributed by atoms with Gasteiger partial charge in [0.25, 0.3) is 0 Å². The molecule has 72 valence electrons. The highest BCUT2D eigenvalue weighted by atomic mass is 16.5. The first-order valence-corrected chi connectivity index (χ1v) is 4.30. The third-order valence-corrected chi connectivity index (χ3v) is 2.13. The second-order valence-corrected chi connectivity index (χ2v) is 2.94. The van der Waals surface area contributed by atoms with Crippen molar-refractivity contribution in [2.75, 3.05) is 46.6 Å². The van der Waals surface area contributed by atoms with Crippen molar-refractivity contribution >= 4 is 0 Å². The Bertz CT molecular complexity index is 112. The van der Waals surface area contributed by atoms with Crippen molar-refractivity contribution in [2.24, 2.45) is 0 Å². The third-order valence-electron chi connectivity index (χ3n) is 2.13. The summed E-state index contributed by atoms with van der Waals surface area (Å²) in [5, 5.41) is 9.05. The molecule has 1 atom stereocenters. The fourth-order valence-corrected chi connectivity index (χ4v) is 1.41. The summed E-state index contributed by atoms with van der Waals surface area (Å²) in [6.45, 7) is 4.08. The first-order valence-electron chi connectivity index (χ1n) is 4.30. The minimum absolute atomic E-state index is 0.138. The summed E-state index contributed by atoms with van der Waals surface area (Å²) >= 11 is 0. The van der Waals surface area contributed by atoms with Gasteiger partial charge in [-0.1, -0.05) is 0 Å². The van der Waals surface area contributed by atoms with E-state index in [-0.39, 0.29) is 12.6 Å². The summed E-state index contributed by atoms with van der Waals surface area (Å²) in [5.41, 5.74) is 0. The van der Waals surface area contributed by atoms with Gasteiger partial charge >= 0.3 is 0 Å². The zero-order valence-corrected chi connectivity index (χ0v) is 7.53. The monoisotopic (exact) mass is 175 g/mol. The number of morpholine rings is 1. The molecule has 0 spiro atoms. The van der Waals surface area contributed by atoms with Crippen molar-refractivity contribution in [3.05, 3.63) is 0 Å². The molecule has 1 N–H and O–H groups in total. The lowest BCUT2D eigenvalue weighted by molar-refractivity contribution is -0.0184. The molecular weight excluding hydrogens is 158 g/mol. The number of hydrogen-bond donors (Lipinski definition) is 1. The maximum absolute atomic E-state index is 9.05. The van der Waals surface area contributed by atoms with Gasteiger partial charge in [0.15, 0.2) is 0 Å². The van der Waals surface area contributed by atoms with E-state index in [4.69, 9.17) is 14.6 Å². The van der Waals surface area contributed by atoms with Crippen LogP contribution in [0.3, 0.4) is 0 Å². The molecule has 0 aromatic heterocycles. The van der Waals surface area contributed by atoms with Crippen molar-refractivity contribution < 1.29 is 14.6 Å². The smallest absolute Gasteiger partial charge is 0.0640 e. The molecule has 0 radical (unpaired) electrons. The van der Waals surface area contributed by atoms with Crippen LogP contribution in [-0.4, -0.2) is 62.7 Å². The molecule has 1 saturated heterocycles. The van der Waals surface area contributed by atoms with E-state index in [1.54, 1.807) is 7.11 Å². The van der Waals surface area contributed by atoms with Gasteiger partial charge in [-0.2, -0.15) is 0 Å². The molecule has 4 nitrogen and oxygen atoms in total. The van der Waals surface area contributed by atoms with Crippen LogP contribution in [0, 0.1) is 0 Å². The third kappa shape index (κ3) is 2.71. The minimum Gasteiger partial charge on any atom is -0.395 e. The highest BCUT2D eigenvalue weighted by molar-refractivity contribution is 4.72. The van der Waals surface area contributed by atoms with E-state index in [1.807, 2.05) is 0 Å². The fraction of sp³-hybridized carbons (Fsp3) is 1.00. The second kappa shape index (κ2) is 5.48. The molecule has 0 aliphatic carbocycles. The molecule has 0 amide bonds. The van der Waals surface area contributed by atoms with E-state index < -0.39 is 0 Å². The standard InChI is InChI=1S/C8H17NO3/c1-11-7-8(6-10)9-2-4-12-5-3-9/h8,10H,2-7H2,1H3. The Labute approximate surface area is 73.1 Å². The van der Waals surface area contributed by atoms with Gasteiger partial charge in [0, 0.05) is 20.2 Å². The van der Waals surface area contributed by atoms with Gasteiger partial charge < -0.3 is 14.6 Å². The van der Waals surface area contributed by atoms with Crippen LogP contribution in [0.15, 0.2) is 0 Å².